The van der Waals surface area contributed by atoms with Crippen molar-refractivity contribution in [2.24, 2.45) is 0 Å². The first kappa shape index (κ1) is 14.4. The molecule has 0 atom stereocenters. The summed E-state index contributed by atoms with van der Waals surface area (Å²) in [7, 11) is -3.66. The zero-order valence-corrected chi connectivity index (χ0v) is 12.0. The number of hydrogen-bond acceptors (Lipinski definition) is 6. The minimum atomic E-state index is -3.66. The molecule has 0 unspecified atom stereocenters. The molecule has 0 spiro atoms. The zero-order valence-electron chi connectivity index (χ0n) is 11.2. The Labute approximate surface area is 116 Å². The van der Waals surface area contributed by atoms with Gasteiger partial charge in [-0.1, -0.05) is 12.1 Å². The monoisotopic (exact) mass is 294 g/mol. The standard InChI is InChI=1S/C12H14N4O3S/c1-3-16(6-4-5-13)20(17,18)10-7-11-9(2)15-19-12(11)14-8-10/h7-8H,3-4,6H2,1-2H3. The van der Waals surface area contributed by atoms with Crippen molar-refractivity contribution in [1.29, 1.82) is 5.26 Å². The molecule has 2 rings (SSSR count). The molecule has 2 aromatic heterocycles. The molecule has 0 aliphatic heterocycles. The van der Waals surface area contributed by atoms with E-state index in [1.54, 1.807) is 13.8 Å². The number of pyridine rings is 1. The molecule has 2 heterocycles. The summed E-state index contributed by atoms with van der Waals surface area (Å²) in [5, 5.41) is 12.9. The summed E-state index contributed by atoms with van der Waals surface area (Å²) in [6.07, 6.45) is 1.40. The number of fused-ring (bicyclic) bond motifs is 1. The molecule has 2 aromatic rings. The van der Waals surface area contributed by atoms with Crippen molar-refractivity contribution < 1.29 is 12.9 Å². The Bertz CT molecular complexity index is 761. The highest BCUT2D eigenvalue weighted by Gasteiger charge is 2.24. The molecule has 0 aliphatic carbocycles. The Hall–Kier alpha value is -1.98. The van der Waals surface area contributed by atoms with Crippen LogP contribution in [0.25, 0.3) is 11.1 Å². The van der Waals surface area contributed by atoms with Crippen LogP contribution in [0.2, 0.25) is 0 Å². The summed E-state index contributed by atoms with van der Waals surface area (Å²) in [6.45, 7) is 3.91. The van der Waals surface area contributed by atoms with Crippen LogP contribution in [0.3, 0.4) is 0 Å². The maximum atomic E-state index is 12.5. The van der Waals surface area contributed by atoms with Crippen LogP contribution in [0.15, 0.2) is 21.7 Å². The normalized spacial score (nSPS) is 11.9. The molecule has 0 N–H and O–H groups in total. The van der Waals surface area contributed by atoms with E-state index in [0.29, 0.717) is 23.3 Å². The number of aromatic nitrogens is 2. The molecule has 0 aromatic carbocycles. The van der Waals surface area contributed by atoms with Crippen LogP contribution in [-0.4, -0.2) is 36.0 Å². The maximum Gasteiger partial charge on any atom is 0.257 e. The highest BCUT2D eigenvalue weighted by molar-refractivity contribution is 7.89. The van der Waals surface area contributed by atoms with Gasteiger partial charge in [0.25, 0.3) is 5.71 Å². The van der Waals surface area contributed by atoms with Gasteiger partial charge in [0.15, 0.2) is 0 Å². The van der Waals surface area contributed by atoms with Gasteiger partial charge in [0.1, 0.15) is 4.90 Å². The highest BCUT2D eigenvalue weighted by Crippen LogP contribution is 2.22. The maximum absolute atomic E-state index is 12.5. The lowest BCUT2D eigenvalue weighted by Gasteiger charge is -2.18. The summed E-state index contributed by atoms with van der Waals surface area (Å²) in [4.78, 5) is 4.04. The number of nitrogens with zero attached hydrogens (tertiary/aromatic N) is 4. The molecule has 8 heteroatoms. The highest BCUT2D eigenvalue weighted by atomic mass is 32.2. The number of sulfonamides is 1. The first-order valence-electron chi connectivity index (χ1n) is 6.09. The van der Waals surface area contributed by atoms with Crippen LogP contribution in [0, 0.1) is 18.3 Å². The molecule has 0 fully saturated rings. The number of rotatable bonds is 5. The fourth-order valence-corrected chi connectivity index (χ4v) is 3.26. The van der Waals surface area contributed by atoms with E-state index in [0.717, 1.165) is 0 Å². The first-order chi connectivity index (χ1) is 9.50. The predicted octanol–water partition coefficient (Wildman–Crippen LogP) is 1.46. The van der Waals surface area contributed by atoms with Crippen molar-refractivity contribution >= 4 is 21.1 Å². The van der Waals surface area contributed by atoms with Gasteiger partial charge >= 0.3 is 0 Å². The number of nitriles is 1. The van der Waals surface area contributed by atoms with Crippen LogP contribution in [0.1, 0.15) is 19.0 Å². The minimum absolute atomic E-state index is 0.0797. The molecule has 0 saturated carbocycles. The van der Waals surface area contributed by atoms with Crippen LogP contribution in [-0.2, 0) is 10.0 Å². The van der Waals surface area contributed by atoms with Gasteiger partial charge in [-0.25, -0.2) is 13.4 Å². The van der Waals surface area contributed by atoms with Crippen molar-refractivity contribution in [3.05, 3.63) is 18.0 Å². The van der Waals surface area contributed by atoms with E-state index in [1.807, 2.05) is 6.07 Å². The summed E-state index contributed by atoms with van der Waals surface area (Å²) >= 11 is 0. The van der Waals surface area contributed by atoms with Crippen LogP contribution < -0.4 is 0 Å². The Morgan fingerprint density at radius 2 is 2.25 bits per heavy atom. The largest absolute Gasteiger partial charge is 0.336 e. The van der Waals surface area contributed by atoms with Gasteiger partial charge in [0.2, 0.25) is 10.0 Å². The van der Waals surface area contributed by atoms with Gasteiger partial charge in [-0.3, -0.25) is 0 Å². The van der Waals surface area contributed by atoms with E-state index in [-0.39, 0.29) is 17.9 Å². The third kappa shape index (κ3) is 2.50. The summed E-state index contributed by atoms with van der Waals surface area (Å²) in [6, 6.07) is 3.44. The molecule has 7 nitrogen and oxygen atoms in total. The number of aryl methyl sites for hydroxylation is 1. The lowest BCUT2D eigenvalue weighted by molar-refractivity contribution is 0.434. The van der Waals surface area contributed by atoms with E-state index in [9.17, 15) is 8.42 Å². The topological polar surface area (TPSA) is 100 Å². The zero-order chi connectivity index (χ0) is 14.8. The fraction of sp³-hybridized carbons (Fsp3) is 0.417. The van der Waals surface area contributed by atoms with Gasteiger partial charge in [0.05, 0.1) is 23.3 Å². The molecule has 0 amide bonds. The predicted molar refractivity (Wildman–Crippen MR) is 71.2 cm³/mol. The van der Waals surface area contributed by atoms with Crippen molar-refractivity contribution in [1.82, 2.24) is 14.4 Å². The van der Waals surface area contributed by atoms with E-state index >= 15 is 0 Å². The van der Waals surface area contributed by atoms with Crippen molar-refractivity contribution in [3.63, 3.8) is 0 Å². The van der Waals surface area contributed by atoms with Gasteiger partial charge in [-0.15, -0.1) is 0 Å². The Kier molecular flexibility index (Phi) is 4.01. The third-order valence-corrected chi connectivity index (χ3v) is 4.89. The molecule has 0 radical (unpaired) electrons. The third-order valence-electron chi connectivity index (χ3n) is 2.95. The Balaban J connectivity index is 2.45. The fourth-order valence-electron chi connectivity index (χ4n) is 1.84. The quantitative estimate of drug-likeness (QED) is 0.827. The van der Waals surface area contributed by atoms with Crippen LogP contribution >= 0.6 is 0 Å². The van der Waals surface area contributed by atoms with Crippen LogP contribution in [0.5, 0.6) is 0 Å². The molecular formula is C12H14N4O3S. The number of hydrogen-bond donors (Lipinski definition) is 0. The molecule has 0 aliphatic rings. The second-order valence-corrected chi connectivity index (χ2v) is 6.13. The lowest BCUT2D eigenvalue weighted by Crippen LogP contribution is -2.31. The molecular weight excluding hydrogens is 280 g/mol. The summed E-state index contributed by atoms with van der Waals surface area (Å²) in [5.74, 6) is 0. The van der Waals surface area contributed by atoms with Gasteiger partial charge in [-0.05, 0) is 13.0 Å². The average molecular weight is 294 g/mol. The SMILES string of the molecule is CCN(CCC#N)S(=O)(=O)c1cnc2onc(C)c2c1. The molecule has 106 valence electrons. The van der Waals surface area contributed by atoms with Gasteiger partial charge in [0, 0.05) is 19.5 Å². The van der Waals surface area contributed by atoms with Crippen molar-refractivity contribution in [3.8, 4) is 6.07 Å². The van der Waals surface area contributed by atoms with Gasteiger partial charge in [-0.2, -0.15) is 9.57 Å². The van der Waals surface area contributed by atoms with E-state index in [4.69, 9.17) is 9.78 Å². The van der Waals surface area contributed by atoms with Gasteiger partial charge < -0.3 is 4.52 Å². The van der Waals surface area contributed by atoms with E-state index in [2.05, 4.69) is 10.1 Å². The minimum Gasteiger partial charge on any atom is -0.336 e. The lowest BCUT2D eigenvalue weighted by atomic mass is 10.3. The van der Waals surface area contributed by atoms with Crippen molar-refractivity contribution in [2.45, 2.75) is 25.2 Å². The van der Waals surface area contributed by atoms with E-state index in [1.165, 1.54) is 16.6 Å². The smallest absolute Gasteiger partial charge is 0.257 e. The second-order valence-electron chi connectivity index (χ2n) is 4.20. The molecule has 20 heavy (non-hydrogen) atoms. The Morgan fingerprint density at radius 1 is 1.50 bits per heavy atom. The van der Waals surface area contributed by atoms with E-state index < -0.39 is 10.0 Å². The summed E-state index contributed by atoms with van der Waals surface area (Å²) < 4.78 is 31.2. The second kappa shape index (κ2) is 5.56. The van der Waals surface area contributed by atoms with Crippen LogP contribution in [0.4, 0.5) is 0 Å². The average Bonchev–Trinajstić information content (AvgIpc) is 2.80. The molecule has 0 saturated heterocycles. The summed E-state index contributed by atoms with van der Waals surface area (Å²) in [5.41, 5.74) is 0.895. The molecule has 0 bridgehead atoms. The Morgan fingerprint density at radius 3 is 2.90 bits per heavy atom. The first-order valence-corrected chi connectivity index (χ1v) is 7.53. The van der Waals surface area contributed by atoms with Crippen molar-refractivity contribution in [2.75, 3.05) is 13.1 Å².